The highest BCUT2D eigenvalue weighted by atomic mass is 14.4. The molecule has 0 unspecified atom stereocenters. The van der Waals surface area contributed by atoms with Gasteiger partial charge in [0, 0.05) is 0 Å². The molecule has 0 amide bonds. The van der Waals surface area contributed by atoms with Crippen molar-refractivity contribution >= 4 is 0 Å². The van der Waals surface area contributed by atoms with E-state index in [1.165, 1.54) is 76.2 Å². The number of aryl methyl sites for hydroxylation is 1. The molecule has 0 radical (unpaired) electrons. The van der Waals surface area contributed by atoms with Gasteiger partial charge in [-0.1, -0.05) is 51.2 Å². The van der Waals surface area contributed by atoms with Crippen LogP contribution < -0.4 is 0 Å². The lowest BCUT2D eigenvalue weighted by Gasteiger charge is -2.37. The van der Waals surface area contributed by atoms with Crippen molar-refractivity contribution in [3.63, 3.8) is 0 Å². The topological polar surface area (TPSA) is 23.8 Å². The van der Waals surface area contributed by atoms with Crippen LogP contribution in [0.15, 0.2) is 24.3 Å². The van der Waals surface area contributed by atoms with Gasteiger partial charge in [-0.2, -0.15) is 5.26 Å². The molecular weight excluding hydrogens is 290 g/mol. The summed E-state index contributed by atoms with van der Waals surface area (Å²) in [6.07, 6.45) is 15.8. The van der Waals surface area contributed by atoms with E-state index in [2.05, 4.69) is 25.1 Å². The zero-order valence-electron chi connectivity index (χ0n) is 15.3. The van der Waals surface area contributed by atoms with Gasteiger partial charge in [-0.15, -0.1) is 0 Å². The van der Waals surface area contributed by atoms with Crippen LogP contribution >= 0.6 is 0 Å². The molecule has 1 aromatic carbocycles. The third kappa shape index (κ3) is 4.62. The standard InChI is InChI=1S/C23H33N/c1-2-18-9-13-22(14-10-18)23-15-11-20(12-16-23)4-3-19-5-7-21(17-24)8-6-19/h5-8,18,20,22-23H,2-4,9-16H2,1H3/t18-,20?,22-,23?. The van der Waals surface area contributed by atoms with Gasteiger partial charge in [-0.05, 0) is 79.9 Å². The molecule has 24 heavy (non-hydrogen) atoms. The zero-order chi connectivity index (χ0) is 16.8. The molecule has 2 aliphatic carbocycles. The predicted molar refractivity (Wildman–Crippen MR) is 101 cm³/mol. The van der Waals surface area contributed by atoms with Gasteiger partial charge < -0.3 is 0 Å². The van der Waals surface area contributed by atoms with Gasteiger partial charge in [0.05, 0.1) is 11.6 Å². The zero-order valence-corrected chi connectivity index (χ0v) is 15.3. The van der Waals surface area contributed by atoms with E-state index in [1.54, 1.807) is 0 Å². The van der Waals surface area contributed by atoms with E-state index in [4.69, 9.17) is 5.26 Å². The maximum absolute atomic E-state index is 8.87. The van der Waals surface area contributed by atoms with Crippen LogP contribution in [0.5, 0.6) is 0 Å². The summed E-state index contributed by atoms with van der Waals surface area (Å²) in [4.78, 5) is 0. The molecular formula is C23H33N. The Morgan fingerprint density at radius 2 is 1.38 bits per heavy atom. The lowest BCUT2D eigenvalue weighted by atomic mass is 9.68. The fraction of sp³-hybridized carbons (Fsp3) is 0.696. The molecule has 0 spiro atoms. The molecule has 2 saturated carbocycles. The molecule has 0 bridgehead atoms. The maximum Gasteiger partial charge on any atom is 0.0991 e. The van der Waals surface area contributed by atoms with Crippen molar-refractivity contribution < 1.29 is 0 Å². The minimum absolute atomic E-state index is 0.775. The van der Waals surface area contributed by atoms with Gasteiger partial charge in [0.15, 0.2) is 0 Å². The molecule has 1 aromatic rings. The Balaban J connectivity index is 1.38. The second-order valence-corrected chi connectivity index (χ2v) is 8.32. The Bertz CT molecular complexity index is 522. The Morgan fingerprint density at radius 1 is 0.833 bits per heavy atom. The molecule has 2 fully saturated rings. The first-order valence-electron chi connectivity index (χ1n) is 10.3. The van der Waals surface area contributed by atoms with Crippen LogP contribution in [-0.2, 0) is 6.42 Å². The maximum atomic E-state index is 8.87. The van der Waals surface area contributed by atoms with Crippen LogP contribution in [0.1, 0.15) is 82.3 Å². The van der Waals surface area contributed by atoms with E-state index >= 15 is 0 Å². The normalized spacial score (nSPS) is 30.7. The molecule has 0 aromatic heterocycles. The number of hydrogen-bond acceptors (Lipinski definition) is 1. The predicted octanol–water partition coefficient (Wildman–Crippen LogP) is 6.51. The van der Waals surface area contributed by atoms with Crippen molar-refractivity contribution in [1.29, 1.82) is 5.26 Å². The van der Waals surface area contributed by atoms with E-state index in [1.807, 2.05) is 12.1 Å². The fourth-order valence-corrected chi connectivity index (χ4v) is 5.13. The van der Waals surface area contributed by atoms with Crippen LogP contribution in [0.3, 0.4) is 0 Å². The van der Waals surface area contributed by atoms with Gasteiger partial charge in [0.1, 0.15) is 0 Å². The van der Waals surface area contributed by atoms with Crippen LogP contribution in [0.4, 0.5) is 0 Å². The molecule has 3 rings (SSSR count). The molecule has 0 saturated heterocycles. The summed E-state index contributed by atoms with van der Waals surface area (Å²) in [7, 11) is 0. The van der Waals surface area contributed by atoms with Crippen molar-refractivity contribution in [2.24, 2.45) is 23.7 Å². The molecule has 0 N–H and O–H groups in total. The molecule has 2 aliphatic rings. The third-order valence-electron chi connectivity index (χ3n) is 6.95. The quantitative estimate of drug-likeness (QED) is 0.605. The second-order valence-electron chi connectivity index (χ2n) is 8.32. The molecule has 130 valence electrons. The van der Waals surface area contributed by atoms with Crippen LogP contribution in [0.25, 0.3) is 0 Å². The highest BCUT2D eigenvalue weighted by molar-refractivity contribution is 5.31. The van der Waals surface area contributed by atoms with Crippen LogP contribution in [0.2, 0.25) is 0 Å². The highest BCUT2D eigenvalue weighted by Gasteiger charge is 2.30. The number of benzene rings is 1. The van der Waals surface area contributed by atoms with E-state index in [0.717, 1.165) is 29.2 Å². The first-order chi connectivity index (χ1) is 11.8. The third-order valence-corrected chi connectivity index (χ3v) is 6.95. The Hall–Kier alpha value is -1.29. The first-order valence-corrected chi connectivity index (χ1v) is 10.3. The summed E-state index contributed by atoms with van der Waals surface area (Å²) in [5.41, 5.74) is 2.17. The number of hydrogen-bond donors (Lipinski definition) is 0. The summed E-state index contributed by atoms with van der Waals surface area (Å²) >= 11 is 0. The van der Waals surface area contributed by atoms with Crippen LogP contribution in [0, 0.1) is 35.0 Å². The second kappa shape index (κ2) is 8.70. The lowest BCUT2D eigenvalue weighted by molar-refractivity contribution is 0.142. The van der Waals surface area contributed by atoms with Gasteiger partial charge in [-0.3, -0.25) is 0 Å². The highest BCUT2D eigenvalue weighted by Crippen LogP contribution is 2.42. The molecule has 0 heterocycles. The smallest absolute Gasteiger partial charge is 0.0991 e. The van der Waals surface area contributed by atoms with Crippen LogP contribution in [-0.4, -0.2) is 0 Å². The first kappa shape index (κ1) is 17.5. The van der Waals surface area contributed by atoms with Crippen molar-refractivity contribution in [3.8, 4) is 6.07 Å². The molecule has 1 heteroatoms. The van der Waals surface area contributed by atoms with Gasteiger partial charge in [0.2, 0.25) is 0 Å². The van der Waals surface area contributed by atoms with E-state index in [-0.39, 0.29) is 0 Å². The van der Waals surface area contributed by atoms with Crippen molar-refractivity contribution in [3.05, 3.63) is 35.4 Å². The number of rotatable bonds is 5. The summed E-state index contributed by atoms with van der Waals surface area (Å²) in [6, 6.07) is 10.4. The molecule has 0 atom stereocenters. The minimum atomic E-state index is 0.775. The summed E-state index contributed by atoms with van der Waals surface area (Å²) in [6.45, 7) is 2.37. The molecule has 1 nitrogen and oxygen atoms in total. The van der Waals surface area contributed by atoms with E-state index in [9.17, 15) is 0 Å². The minimum Gasteiger partial charge on any atom is -0.192 e. The van der Waals surface area contributed by atoms with Gasteiger partial charge in [0.25, 0.3) is 0 Å². The summed E-state index contributed by atoms with van der Waals surface area (Å²) in [5, 5.41) is 8.87. The van der Waals surface area contributed by atoms with E-state index in [0.29, 0.717) is 0 Å². The SMILES string of the molecule is CC[C@H]1CC[C@H](C2CCC(CCc3ccc(C#N)cc3)CC2)CC1. The Labute approximate surface area is 148 Å². The van der Waals surface area contributed by atoms with Crippen molar-refractivity contribution in [2.45, 2.75) is 77.6 Å². The monoisotopic (exact) mass is 323 g/mol. The van der Waals surface area contributed by atoms with Crippen molar-refractivity contribution in [2.75, 3.05) is 0 Å². The number of nitrogens with zero attached hydrogens (tertiary/aromatic N) is 1. The van der Waals surface area contributed by atoms with Gasteiger partial charge >= 0.3 is 0 Å². The van der Waals surface area contributed by atoms with E-state index < -0.39 is 0 Å². The van der Waals surface area contributed by atoms with Crippen molar-refractivity contribution in [1.82, 2.24) is 0 Å². The number of nitriles is 1. The summed E-state index contributed by atoms with van der Waals surface area (Å²) in [5.74, 6) is 4.05. The fourth-order valence-electron chi connectivity index (χ4n) is 5.13. The summed E-state index contributed by atoms with van der Waals surface area (Å²) < 4.78 is 0. The average Bonchev–Trinajstić information content (AvgIpc) is 2.67. The Morgan fingerprint density at radius 3 is 1.88 bits per heavy atom. The van der Waals surface area contributed by atoms with Gasteiger partial charge in [-0.25, -0.2) is 0 Å². The average molecular weight is 324 g/mol. The molecule has 0 aliphatic heterocycles. The largest absolute Gasteiger partial charge is 0.192 e. The Kier molecular flexibility index (Phi) is 6.36. The lowest BCUT2D eigenvalue weighted by Crippen LogP contribution is -2.25.